The molecule has 0 bridgehead atoms. The van der Waals surface area contributed by atoms with Crippen molar-refractivity contribution < 1.29 is 4.39 Å². The first-order valence-electron chi connectivity index (χ1n) is 5.81. The van der Waals surface area contributed by atoms with Gasteiger partial charge in [0.15, 0.2) is 0 Å². The van der Waals surface area contributed by atoms with Crippen LogP contribution in [0.15, 0.2) is 24.3 Å². The summed E-state index contributed by atoms with van der Waals surface area (Å²) in [6.07, 6.45) is 5.27. The van der Waals surface area contributed by atoms with Crippen molar-refractivity contribution in [2.45, 2.75) is 32.2 Å². The van der Waals surface area contributed by atoms with E-state index < -0.39 is 0 Å². The van der Waals surface area contributed by atoms with Crippen molar-refractivity contribution in [2.24, 2.45) is 0 Å². The summed E-state index contributed by atoms with van der Waals surface area (Å²) in [6.45, 7) is 3.23. The molecule has 0 aliphatic carbocycles. The van der Waals surface area contributed by atoms with Crippen LogP contribution >= 0.6 is 0 Å². The molecule has 1 fully saturated rings. The van der Waals surface area contributed by atoms with Crippen LogP contribution in [0, 0.1) is 5.82 Å². The average Bonchev–Trinajstić information content (AvgIpc) is 2.46. The third kappa shape index (κ3) is 3.31. The second-order valence-corrected chi connectivity index (χ2v) is 4.32. The Morgan fingerprint density at radius 2 is 1.80 bits per heavy atom. The molecule has 2 rings (SSSR count). The molecular formula is C13H18FN. The SMILES string of the molecule is Fc1cccc(CN2CCCCCC2)c1. The first-order valence-corrected chi connectivity index (χ1v) is 5.81. The van der Waals surface area contributed by atoms with Crippen molar-refractivity contribution in [3.63, 3.8) is 0 Å². The van der Waals surface area contributed by atoms with Crippen LogP contribution in [0.3, 0.4) is 0 Å². The maximum atomic E-state index is 13.0. The van der Waals surface area contributed by atoms with Crippen molar-refractivity contribution >= 4 is 0 Å². The van der Waals surface area contributed by atoms with Gasteiger partial charge in [0, 0.05) is 6.54 Å². The van der Waals surface area contributed by atoms with E-state index in [0.717, 1.165) is 25.2 Å². The first-order chi connectivity index (χ1) is 7.34. The van der Waals surface area contributed by atoms with Gasteiger partial charge in [-0.05, 0) is 43.6 Å². The summed E-state index contributed by atoms with van der Waals surface area (Å²) in [6, 6.07) is 6.95. The minimum atomic E-state index is -0.123. The largest absolute Gasteiger partial charge is 0.299 e. The summed E-state index contributed by atoms with van der Waals surface area (Å²) < 4.78 is 13.0. The van der Waals surface area contributed by atoms with Crippen molar-refractivity contribution in [1.82, 2.24) is 4.90 Å². The van der Waals surface area contributed by atoms with Gasteiger partial charge in [-0.1, -0.05) is 25.0 Å². The van der Waals surface area contributed by atoms with Gasteiger partial charge < -0.3 is 0 Å². The zero-order valence-electron chi connectivity index (χ0n) is 9.08. The Labute approximate surface area is 90.9 Å². The predicted octanol–water partition coefficient (Wildman–Crippen LogP) is 3.20. The number of benzene rings is 1. The Kier molecular flexibility index (Phi) is 3.73. The van der Waals surface area contributed by atoms with Crippen LogP contribution in [-0.4, -0.2) is 18.0 Å². The van der Waals surface area contributed by atoms with E-state index in [2.05, 4.69) is 4.90 Å². The minimum absolute atomic E-state index is 0.123. The molecule has 0 amide bonds. The number of nitrogens with zero attached hydrogens (tertiary/aromatic N) is 1. The van der Waals surface area contributed by atoms with E-state index in [0.29, 0.717) is 0 Å². The molecule has 1 heterocycles. The lowest BCUT2D eigenvalue weighted by molar-refractivity contribution is 0.276. The fourth-order valence-corrected chi connectivity index (χ4v) is 2.19. The molecule has 0 radical (unpaired) electrons. The Bertz CT molecular complexity index is 303. The van der Waals surface area contributed by atoms with E-state index in [9.17, 15) is 4.39 Å². The lowest BCUT2D eigenvalue weighted by Crippen LogP contribution is -2.23. The summed E-state index contributed by atoms with van der Waals surface area (Å²) >= 11 is 0. The molecule has 1 aromatic rings. The van der Waals surface area contributed by atoms with Gasteiger partial charge in [0.05, 0.1) is 0 Å². The number of likely N-dealkylation sites (tertiary alicyclic amines) is 1. The highest BCUT2D eigenvalue weighted by molar-refractivity contribution is 5.16. The molecule has 0 saturated carbocycles. The molecule has 0 N–H and O–H groups in total. The van der Waals surface area contributed by atoms with Gasteiger partial charge >= 0.3 is 0 Å². The molecule has 82 valence electrons. The zero-order chi connectivity index (χ0) is 10.5. The van der Waals surface area contributed by atoms with Gasteiger partial charge in [-0.25, -0.2) is 4.39 Å². The third-order valence-corrected chi connectivity index (χ3v) is 2.99. The van der Waals surface area contributed by atoms with E-state index in [-0.39, 0.29) is 5.82 Å². The second kappa shape index (κ2) is 5.26. The standard InChI is InChI=1S/C13H18FN/c14-13-7-5-6-12(10-13)11-15-8-3-1-2-4-9-15/h5-7,10H,1-4,8-9,11H2. The van der Waals surface area contributed by atoms with Gasteiger partial charge in [-0.15, -0.1) is 0 Å². The van der Waals surface area contributed by atoms with Crippen molar-refractivity contribution in [3.8, 4) is 0 Å². The molecule has 0 aromatic heterocycles. The number of hydrogen-bond acceptors (Lipinski definition) is 1. The minimum Gasteiger partial charge on any atom is -0.299 e. The van der Waals surface area contributed by atoms with Crippen molar-refractivity contribution in [2.75, 3.05) is 13.1 Å². The normalized spacial score (nSPS) is 18.7. The lowest BCUT2D eigenvalue weighted by atomic mass is 10.2. The van der Waals surface area contributed by atoms with E-state index >= 15 is 0 Å². The van der Waals surface area contributed by atoms with E-state index in [1.54, 1.807) is 12.1 Å². The van der Waals surface area contributed by atoms with Crippen LogP contribution in [-0.2, 0) is 6.54 Å². The molecule has 0 unspecified atom stereocenters. The third-order valence-electron chi connectivity index (χ3n) is 2.99. The summed E-state index contributed by atoms with van der Waals surface area (Å²) in [5.74, 6) is -0.123. The van der Waals surface area contributed by atoms with Gasteiger partial charge in [0.25, 0.3) is 0 Å². The summed E-state index contributed by atoms with van der Waals surface area (Å²) in [7, 11) is 0. The van der Waals surface area contributed by atoms with Crippen LogP contribution in [0.25, 0.3) is 0 Å². The van der Waals surface area contributed by atoms with E-state index in [1.807, 2.05) is 6.07 Å². The second-order valence-electron chi connectivity index (χ2n) is 4.32. The maximum absolute atomic E-state index is 13.0. The van der Waals surface area contributed by atoms with Crippen molar-refractivity contribution in [1.29, 1.82) is 0 Å². The molecule has 0 atom stereocenters. The maximum Gasteiger partial charge on any atom is 0.123 e. The van der Waals surface area contributed by atoms with Crippen LogP contribution in [0.2, 0.25) is 0 Å². The highest BCUT2D eigenvalue weighted by Crippen LogP contribution is 2.13. The van der Waals surface area contributed by atoms with Crippen LogP contribution in [0.5, 0.6) is 0 Å². The molecular weight excluding hydrogens is 189 g/mol. The Morgan fingerprint density at radius 1 is 1.07 bits per heavy atom. The quantitative estimate of drug-likeness (QED) is 0.719. The molecule has 1 aliphatic rings. The molecule has 2 heteroatoms. The summed E-state index contributed by atoms with van der Waals surface area (Å²) in [4.78, 5) is 2.43. The highest BCUT2D eigenvalue weighted by atomic mass is 19.1. The lowest BCUT2D eigenvalue weighted by Gasteiger charge is -2.19. The Balaban J connectivity index is 1.95. The fraction of sp³-hybridized carbons (Fsp3) is 0.538. The van der Waals surface area contributed by atoms with E-state index in [1.165, 1.54) is 31.7 Å². The Morgan fingerprint density at radius 3 is 2.47 bits per heavy atom. The first kappa shape index (κ1) is 10.6. The smallest absolute Gasteiger partial charge is 0.123 e. The van der Waals surface area contributed by atoms with Crippen LogP contribution < -0.4 is 0 Å². The number of rotatable bonds is 2. The molecule has 15 heavy (non-hydrogen) atoms. The summed E-state index contributed by atoms with van der Waals surface area (Å²) in [5.41, 5.74) is 1.09. The van der Waals surface area contributed by atoms with Crippen LogP contribution in [0.1, 0.15) is 31.2 Å². The topological polar surface area (TPSA) is 3.24 Å². The van der Waals surface area contributed by atoms with E-state index in [4.69, 9.17) is 0 Å². The Hall–Kier alpha value is -0.890. The highest BCUT2D eigenvalue weighted by Gasteiger charge is 2.09. The average molecular weight is 207 g/mol. The van der Waals surface area contributed by atoms with Crippen LogP contribution in [0.4, 0.5) is 4.39 Å². The molecule has 0 spiro atoms. The summed E-state index contributed by atoms with van der Waals surface area (Å²) in [5, 5.41) is 0. The molecule has 1 saturated heterocycles. The van der Waals surface area contributed by atoms with Gasteiger partial charge in [-0.2, -0.15) is 0 Å². The van der Waals surface area contributed by atoms with Crippen molar-refractivity contribution in [3.05, 3.63) is 35.6 Å². The molecule has 1 aliphatic heterocycles. The number of hydrogen-bond donors (Lipinski definition) is 0. The monoisotopic (exact) mass is 207 g/mol. The number of halogens is 1. The zero-order valence-corrected chi connectivity index (χ0v) is 9.08. The molecule has 1 nitrogen and oxygen atoms in total. The van der Waals surface area contributed by atoms with Gasteiger partial charge in [-0.3, -0.25) is 4.90 Å². The van der Waals surface area contributed by atoms with Gasteiger partial charge in [0.1, 0.15) is 5.82 Å². The molecule has 1 aromatic carbocycles. The van der Waals surface area contributed by atoms with Gasteiger partial charge in [0.2, 0.25) is 0 Å². The fourth-order valence-electron chi connectivity index (χ4n) is 2.19. The predicted molar refractivity (Wildman–Crippen MR) is 60.1 cm³/mol.